The lowest BCUT2D eigenvalue weighted by Gasteiger charge is -2.24. The third-order valence-corrected chi connectivity index (χ3v) is 3.37. The molecule has 0 radical (unpaired) electrons. The molecule has 1 aromatic rings. The number of hydrogen-bond donors (Lipinski definition) is 3. The van der Waals surface area contributed by atoms with Crippen LogP contribution >= 0.6 is 0 Å². The first-order valence-electron chi connectivity index (χ1n) is 7.46. The number of nitrogens with zero attached hydrogens (tertiary/aromatic N) is 2. The molecule has 1 unspecified atom stereocenters. The van der Waals surface area contributed by atoms with Gasteiger partial charge in [0.2, 0.25) is 0 Å². The molecule has 0 amide bonds. The molecule has 1 heterocycles. The Kier molecular flexibility index (Phi) is 6.71. The lowest BCUT2D eigenvalue weighted by molar-refractivity contribution is 0.267. The van der Waals surface area contributed by atoms with Crippen LogP contribution in [-0.4, -0.2) is 34.3 Å². The fraction of sp³-hybridized carbons (Fsp3) is 0.733. The SMILES string of the molecule is CCCNc1nc(C)nc(NC(CCO)C(C)C)c1C. The van der Waals surface area contributed by atoms with E-state index in [-0.39, 0.29) is 12.6 Å². The molecular formula is C15H28N4O. The molecule has 0 aliphatic rings. The van der Waals surface area contributed by atoms with E-state index in [2.05, 4.69) is 41.4 Å². The quantitative estimate of drug-likeness (QED) is 0.683. The smallest absolute Gasteiger partial charge is 0.134 e. The summed E-state index contributed by atoms with van der Waals surface area (Å²) < 4.78 is 0. The van der Waals surface area contributed by atoms with Crippen molar-refractivity contribution in [2.24, 2.45) is 5.92 Å². The van der Waals surface area contributed by atoms with Crippen LogP contribution in [0.1, 0.15) is 45.0 Å². The highest BCUT2D eigenvalue weighted by molar-refractivity contribution is 5.57. The summed E-state index contributed by atoms with van der Waals surface area (Å²) in [4.78, 5) is 8.96. The molecule has 0 aliphatic heterocycles. The van der Waals surface area contributed by atoms with Gasteiger partial charge in [-0.1, -0.05) is 20.8 Å². The third-order valence-electron chi connectivity index (χ3n) is 3.37. The Balaban J connectivity index is 2.95. The van der Waals surface area contributed by atoms with Gasteiger partial charge in [-0.3, -0.25) is 0 Å². The summed E-state index contributed by atoms with van der Waals surface area (Å²) in [6, 6.07) is 0.215. The summed E-state index contributed by atoms with van der Waals surface area (Å²) in [6.45, 7) is 11.4. The summed E-state index contributed by atoms with van der Waals surface area (Å²) in [5, 5.41) is 16.0. The molecule has 1 atom stereocenters. The van der Waals surface area contributed by atoms with Gasteiger partial charge in [0.25, 0.3) is 0 Å². The predicted molar refractivity (Wildman–Crippen MR) is 84.2 cm³/mol. The summed E-state index contributed by atoms with van der Waals surface area (Å²) in [7, 11) is 0. The van der Waals surface area contributed by atoms with Gasteiger partial charge in [-0.2, -0.15) is 0 Å². The van der Waals surface area contributed by atoms with Crippen molar-refractivity contribution in [1.82, 2.24) is 9.97 Å². The van der Waals surface area contributed by atoms with Gasteiger partial charge in [0.05, 0.1) is 0 Å². The maximum absolute atomic E-state index is 9.17. The van der Waals surface area contributed by atoms with Crippen molar-refractivity contribution in [3.8, 4) is 0 Å². The number of aliphatic hydroxyl groups is 1. The number of aliphatic hydroxyl groups excluding tert-OH is 1. The van der Waals surface area contributed by atoms with Crippen LogP contribution in [0, 0.1) is 19.8 Å². The number of aryl methyl sites for hydroxylation is 1. The first-order valence-corrected chi connectivity index (χ1v) is 7.46. The van der Waals surface area contributed by atoms with E-state index in [4.69, 9.17) is 0 Å². The maximum Gasteiger partial charge on any atom is 0.134 e. The largest absolute Gasteiger partial charge is 0.396 e. The Bertz CT molecular complexity index is 421. The molecule has 0 aromatic carbocycles. The number of aromatic nitrogens is 2. The second kappa shape index (κ2) is 8.04. The van der Waals surface area contributed by atoms with Gasteiger partial charge in [0, 0.05) is 24.8 Å². The zero-order valence-electron chi connectivity index (χ0n) is 13.3. The van der Waals surface area contributed by atoms with Crippen LogP contribution in [0.2, 0.25) is 0 Å². The van der Waals surface area contributed by atoms with E-state index in [0.29, 0.717) is 5.92 Å². The topological polar surface area (TPSA) is 70.1 Å². The monoisotopic (exact) mass is 280 g/mol. The molecule has 0 saturated heterocycles. The lowest BCUT2D eigenvalue weighted by atomic mass is 10.0. The van der Waals surface area contributed by atoms with Crippen LogP contribution in [-0.2, 0) is 0 Å². The van der Waals surface area contributed by atoms with E-state index < -0.39 is 0 Å². The summed E-state index contributed by atoms with van der Waals surface area (Å²) in [5.41, 5.74) is 1.03. The Morgan fingerprint density at radius 1 is 1.15 bits per heavy atom. The van der Waals surface area contributed by atoms with Crippen LogP contribution in [0.5, 0.6) is 0 Å². The van der Waals surface area contributed by atoms with Crippen molar-refractivity contribution >= 4 is 11.6 Å². The van der Waals surface area contributed by atoms with E-state index in [0.717, 1.165) is 42.4 Å². The summed E-state index contributed by atoms with van der Waals surface area (Å²) in [5.74, 6) is 2.95. The van der Waals surface area contributed by atoms with Gasteiger partial charge in [-0.05, 0) is 32.6 Å². The van der Waals surface area contributed by atoms with Crippen molar-refractivity contribution in [2.75, 3.05) is 23.8 Å². The van der Waals surface area contributed by atoms with Gasteiger partial charge in [-0.15, -0.1) is 0 Å². The lowest BCUT2D eigenvalue weighted by Crippen LogP contribution is -2.28. The van der Waals surface area contributed by atoms with Crippen LogP contribution in [0.4, 0.5) is 11.6 Å². The molecule has 5 heteroatoms. The highest BCUT2D eigenvalue weighted by Crippen LogP contribution is 2.22. The minimum absolute atomic E-state index is 0.180. The standard InChI is InChI=1S/C15H28N4O/c1-6-8-16-14-11(4)15(18-12(5)17-14)19-13(7-9-20)10(2)3/h10,13,20H,6-9H2,1-5H3,(H2,16,17,18,19). The summed E-state index contributed by atoms with van der Waals surface area (Å²) in [6.07, 6.45) is 1.78. The molecule has 1 rings (SSSR count). The molecule has 0 saturated carbocycles. The highest BCUT2D eigenvalue weighted by Gasteiger charge is 2.16. The highest BCUT2D eigenvalue weighted by atomic mass is 16.3. The predicted octanol–water partition coefficient (Wildman–Crippen LogP) is 2.73. The second-order valence-electron chi connectivity index (χ2n) is 5.53. The third kappa shape index (κ3) is 4.63. The fourth-order valence-corrected chi connectivity index (χ4v) is 2.07. The zero-order chi connectivity index (χ0) is 15.1. The number of anilines is 2. The Labute approximate surface area is 122 Å². The van der Waals surface area contributed by atoms with Gasteiger partial charge in [0.15, 0.2) is 0 Å². The minimum atomic E-state index is 0.180. The van der Waals surface area contributed by atoms with Crippen molar-refractivity contribution in [1.29, 1.82) is 0 Å². The Morgan fingerprint density at radius 3 is 2.35 bits per heavy atom. The molecule has 20 heavy (non-hydrogen) atoms. The normalized spacial score (nSPS) is 12.6. The molecule has 0 spiro atoms. The molecule has 114 valence electrons. The first kappa shape index (κ1) is 16.7. The van der Waals surface area contributed by atoms with Gasteiger partial charge in [-0.25, -0.2) is 9.97 Å². The Hall–Kier alpha value is -1.36. The zero-order valence-corrected chi connectivity index (χ0v) is 13.3. The molecule has 0 bridgehead atoms. The molecule has 0 aliphatic carbocycles. The average Bonchev–Trinajstić information content (AvgIpc) is 2.40. The van der Waals surface area contributed by atoms with Gasteiger partial charge in [0.1, 0.15) is 17.5 Å². The van der Waals surface area contributed by atoms with Crippen molar-refractivity contribution < 1.29 is 5.11 Å². The number of nitrogens with one attached hydrogen (secondary N) is 2. The van der Waals surface area contributed by atoms with Crippen LogP contribution in [0.15, 0.2) is 0 Å². The van der Waals surface area contributed by atoms with Crippen LogP contribution in [0.3, 0.4) is 0 Å². The van der Waals surface area contributed by atoms with Crippen molar-refractivity contribution in [3.63, 3.8) is 0 Å². The van der Waals surface area contributed by atoms with E-state index in [1.54, 1.807) is 0 Å². The molecule has 1 aromatic heterocycles. The maximum atomic E-state index is 9.17. The van der Waals surface area contributed by atoms with Gasteiger partial charge >= 0.3 is 0 Å². The Morgan fingerprint density at radius 2 is 1.80 bits per heavy atom. The van der Waals surface area contributed by atoms with Crippen molar-refractivity contribution in [3.05, 3.63) is 11.4 Å². The number of hydrogen-bond acceptors (Lipinski definition) is 5. The molecule has 3 N–H and O–H groups in total. The molecular weight excluding hydrogens is 252 g/mol. The van der Waals surface area contributed by atoms with E-state index in [9.17, 15) is 5.11 Å². The molecule has 0 fully saturated rings. The van der Waals surface area contributed by atoms with E-state index >= 15 is 0 Å². The van der Waals surface area contributed by atoms with Gasteiger partial charge < -0.3 is 15.7 Å². The average molecular weight is 280 g/mol. The second-order valence-corrected chi connectivity index (χ2v) is 5.53. The first-order chi connectivity index (χ1) is 9.49. The minimum Gasteiger partial charge on any atom is -0.396 e. The number of rotatable bonds is 8. The van der Waals surface area contributed by atoms with Crippen LogP contribution < -0.4 is 10.6 Å². The summed E-state index contributed by atoms with van der Waals surface area (Å²) >= 11 is 0. The van der Waals surface area contributed by atoms with E-state index in [1.807, 2.05) is 13.8 Å². The van der Waals surface area contributed by atoms with Crippen LogP contribution in [0.25, 0.3) is 0 Å². The van der Waals surface area contributed by atoms with E-state index in [1.165, 1.54) is 0 Å². The fourth-order valence-electron chi connectivity index (χ4n) is 2.07. The molecule has 5 nitrogen and oxygen atoms in total. The van der Waals surface area contributed by atoms with Crippen molar-refractivity contribution in [2.45, 2.75) is 53.5 Å².